The lowest BCUT2D eigenvalue weighted by atomic mass is 10.1. The van der Waals surface area contributed by atoms with Gasteiger partial charge in [0.25, 0.3) is 0 Å². The minimum absolute atomic E-state index is 0.229. The molecule has 3 nitrogen and oxygen atoms in total. The van der Waals surface area contributed by atoms with E-state index in [1.807, 2.05) is 0 Å². The second kappa shape index (κ2) is 3.36. The van der Waals surface area contributed by atoms with Crippen molar-refractivity contribution in [1.82, 2.24) is 0 Å². The largest absolute Gasteiger partial charge is 0.467 e. The van der Waals surface area contributed by atoms with Gasteiger partial charge in [-0.3, -0.25) is 4.79 Å². The molecule has 1 heterocycles. The van der Waals surface area contributed by atoms with Crippen LogP contribution in [0.15, 0.2) is 12.1 Å². The molecule has 13 heavy (non-hydrogen) atoms. The molecule has 0 N–H and O–H groups in total. The predicted molar refractivity (Wildman–Crippen MR) is 47.1 cm³/mol. The van der Waals surface area contributed by atoms with E-state index in [0.29, 0.717) is 22.9 Å². The predicted octanol–water partition coefficient (Wildman–Crippen LogP) is 2.02. The summed E-state index contributed by atoms with van der Waals surface area (Å²) < 4.78 is 10.2. The lowest BCUT2D eigenvalue weighted by Crippen LogP contribution is -2.13. The fraction of sp³-hybridized carbons (Fsp3) is 0.222. The third-order valence-corrected chi connectivity index (χ3v) is 2.25. The van der Waals surface area contributed by atoms with E-state index in [4.69, 9.17) is 21.1 Å². The van der Waals surface area contributed by atoms with Gasteiger partial charge in [0.15, 0.2) is 13.1 Å². The first-order valence-corrected chi connectivity index (χ1v) is 4.18. The summed E-state index contributed by atoms with van der Waals surface area (Å²) in [6, 6.07) is 3.39. The van der Waals surface area contributed by atoms with Crippen LogP contribution in [-0.4, -0.2) is 13.1 Å². The Balaban J connectivity index is 2.58. The van der Waals surface area contributed by atoms with Crippen molar-refractivity contribution in [3.63, 3.8) is 0 Å². The zero-order chi connectivity index (χ0) is 9.26. The molecule has 4 heteroatoms. The molecular formula is C9H7ClO3. The molecule has 0 fully saturated rings. The zero-order valence-electron chi connectivity index (χ0n) is 6.75. The maximum absolute atomic E-state index is 10.7. The van der Waals surface area contributed by atoms with E-state index in [1.165, 1.54) is 0 Å². The molecule has 1 aliphatic rings. The number of hydrogen-bond donors (Lipinski definition) is 0. The molecule has 0 spiro atoms. The first-order valence-electron chi connectivity index (χ1n) is 3.80. The van der Waals surface area contributed by atoms with Gasteiger partial charge in [-0.05, 0) is 12.1 Å². The number of rotatable bonds is 1. The highest BCUT2D eigenvalue weighted by Gasteiger charge is 2.16. The van der Waals surface area contributed by atoms with E-state index in [2.05, 4.69) is 0 Å². The Morgan fingerprint density at radius 3 is 3.08 bits per heavy atom. The van der Waals surface area contributed by atoms with E-state index >= 15 is 0 Å². The molecule has 2 rings (SSSR count). The molecule has 0 atom stereocenters. The summed E-state index contributed by atoms with van der Waals surface area (Å²) in [6.07, 6.45) is 0.721. The molecule has 0 saturated heterocycles. The van der Waals surface area contributed by atoms with Gasteiger partial charge in [0.2, 0.25) is 0 Å². The minimum atomic E-state index is 0.229. The lowest BCUT2D eigenvalue weighted by molar-refractivity contribution is -0.0166. The summed E-state index contributed by atoms with van der Waals surface area (Å²) in [7, 11) is 0. The summed E-state index contributed by atoms with van der Waals surface area (Å²) in [4.78, 5) is 10.7. The van der Waals surface area contributed by atoms with E-state index in [-0.39, 0.29) is 6.79 Å². The third-order valence-electron chi connectivity index (χ3n) is 1.92. The number of benzene rings is 1. The number of ether oxygens (including phenoxy) is 2. The topological polar surface area (TPSA) is 35.5 Å². The van der Waals surface area contributed by atoms with Crippen LogP contribution < -0.4 is 4.74 Å². The monoisotopic (exact) mass is 198 g/mol. The van der Waals surface area contributed by atoms with Crippen LogP contribution in [0.1, 0.15) is 15.9 Å². The van der Waals surface area contributed by atoms with Crippen molar-refractivity contribution in [2.24, 2.45) is 0 Å². The Bertz CT molecular complexity index is 349. The standard InChI is InChI=1S/C9H7ClO3/c10-8-1-2-9-7(6(8)3-11)4-12-5-13-9/h1-3H,4-5H2. The Labute approximate surface area is 80.2 Å². The van der Waals surface area contributed by atoms with E-state index in [9.17, 15) is 4.79 Å². The van der Waals surface area contributed by atoms with Crippen LogP contribution >= 0.6 is 11.6 Å². The maximum Gasteiger partial charge on any atom is 0.189 e. The van der Waals surface area contributed by atoms with Crippen molar-refractivity contribution in [2.75, 3.05) is 6.79 Å². The lowest BCUT2D eigenvalue weighted by Gasteiger charge is -2.19. The third kappa shape index (κ3) is 1.41. The van der Waals surface area contributed by atoms with Crippen LogP contribution in [0.25, 0.3) is 0 Å². The van der Waals surface area contributed by atoms with Crippen molar-refractivity contribution >= 4 is 17.9 Å². The smallest absolute Gasteiger partial charge is 0.189 e. The van der Waals surface area contributed by atoms with Crippen molar-refractivity contribution in [3.05, 3.63) is 28.3 Å². The molecule has 1 aliphatic heterocycles. The first-order chi connectivity index (χ1) is 6.33. The SMILES string of the molecule is O=Cc1c(Cl)ccc2c1COCO2. The van der Waals surface area contributed by atoms with Gasteiger partial charge >= 0.3 is 0 Å². The van der Waals surface area contributed by atoms with Gasteiger partial charge in [-0.25, -0.2) is 0 Å². The Hall–Kier alpha value is -1.06. The highest BCUT2D eigenvalue weighted by molar-refractivity contribution is 6.33. The van der Waals surface area contributed by atoms with Crippen molar-refractivity contribution in [3.8, 4) is 5.75 Å². The minimum Gasteiger partial charge on any atom is -0.467 e. The van der Waals surface area contributed by atoms with Gasteiger partial charge in [0, 0.05) is 11.1 Å². The van der Waals surface area contributed by atoms with Crippen LogP contribution in [0.2, 0.25) is 5.02 Å². The molecule has 0 aliphatic carbocycles. The number of carbonyl (C=O) groups excluding carboxylic acids is 1. The van der Waals surface area contributed by atoms with Crippen molar-refractivity contribution in [1.29, 1.82) is 0 Å². The van der Waals surface area contributed by atoms with E-state index in [0.717, 1.165) is 11.8 Å². The van der Waals surface area contributed by atoms with Gasteiger partial charge in [-0.2, -0.15) is 0 Å². The average molecular weight is 199 g/mol. The Morgan fingerprint density at radius 1 is 1.46 bits per heavy atom. The number of hydrogen-bond acceptors (Lipinski definition) is 3. The quantitative estimate of drug-likeness (QED) is 0.648. The molecule has 0 unspecified atom stereocenters. The van der Waals surface area contributed by atoms with Crippen LogP contribution in [0.4, 0.5) is 0 Å². The second-order valence-corrected chi connectivity index (χ2v) is 3.07. The molecule has 0 bridgehead atoms. The van der Waals surface area contributed by atoms with Gasteiger partial charge in [-0.15, -0.1) is 0 Å². The van der Waals surface area contributed by atoms with Crippen molar-refractivity contribution in [2.45, 2.75) is 6.61 Å². The highest BCUT2D eigenvalue weighted by Crippen LogP contribution is 2.30. The van der Waals surface area contributed by atoms with Crippen LogP contribution in [0.5, 0.6) is 5.75 Å². The van der Waals surface area contributed by atoms with Gasteiger partial charge in [0.05, 0.1) is 11.6 Å². The number of fused-ring (bicyclic) bond motifs is 1. The molecule has 1 aromatic carbocycles. The second-order valence-electron chi connectivity index (χ2n) is 2.67. The fourth-order valence-electron chi connectivity index (χ4n) is 1.28. The molecule has 0 amide bonds. The molecule has 0 radical (unpaired) electrons. The fourth-order valence-corrected chi connectivity index (χ4v) is 1.50. The molecular weight excluding hydrogens is 192 g/mol. The van der Waals surface area contributed by atoms with Crippen molar-refractivity contribution < 1.29 is 14.3 Å². The van der Waals surface area contributed by atoms with Gasteiger partial charge < -0.3 is 9.47 Å². The van der Waals surface area contributed by atoms with Gasteiger partial charge in [-0.1, -0.05) is 11.6 Å². The summed E-state index contributed by atoms with van der Waals surface area (Å²) in [6.45, 7) is 0.608. The average Bonchev–Trinajstić information content (AvgIpc) is 2.18. The number of aldehydes is 1. The first kappa shape index (κ1) is 8.53. The number of carbonyl (C=O) groups is 1. The highest BCUT2D eigenvalue weighted by atomic mass is 35.5. The van der Waals surface area contributed by atoms with Gasteiger partial charge in [0.1, 0.15) is 5.75 Å². The maximum atomic E-state index is 10.7. The molecule has 1 aromatic rings. The van der Waals surface area contributed by atoms with E-state index < -0.39 is 0 Å². The number of halogens is 1. The summed E-state index contributed by atoms with van der Waals surface area (Å²) in [5.41, 5.74) is 1.19. The molecule has 0 aromatic heterocycles. The van der Waals surface area contributed by atoms with Crippen LogP contribution in [0.3, 0.4) is 0 Å². The Morgan fingerprint density at radius 2 is 2.31 bits per heavy atom. The van der Waals surface area contributed by atoms with Crippen LogP contribution in [-0.2, 0) is 11.3 Å². The zero-order valence-corrected chi connectivity index (χ0v) is 7.50. The summed E-state index contributed by atoms with van der Waals surface area (Å²) in [5, 5.41) is 0.433. The van der Waals surface area contributed by atoms with Crippen LogP contribution in [0, 0.1) is 0 Å². The summed E-state index contributed by atoms with van der Waals surface area (Å²) in [5.74, 6) is 0.678. The van der Waals surface area contributed by atoms with E-state index in [1.54, 1.807) is 12.1 Å². The Kier molecular flexibility index (Phi) is 2.20. The molecule has 0 saturated carbocycles. The normalized spacial score (nSPS) is 14.5. The summed E-state index contributed by atoms with van der Waals surface area (Å²) >= 11 is 5.82. The molecule has 68 valence electrons.